The summed E-state index contributed by atoms with van der Waals surface area (Å²) in [6, 6.07) is 53.5. The van der Waals surface area contributed by atoms with Crippen LogP contribution in [0.25, 0.3) is 226 Å². The van der Waals surface area contributed by atoms with E-state index in [-0.39, 0.29) is 52.8 Å². The van der Waals surface area contributed by atoms with Gasteiger partial charge in [-0.05, 0) is 214 Å². The molecule has 25 nitrogen and oxygen atoms in total. The summed E-state index contributed by atoms with van der Waals surface area (Å²) in [7, 11) is 0. The van der Waals surface area contributed by atoms with Crippen LogP contribution >= 0.6 is 0 Å². The molecule has 21 rings (SSSR count). The number of oxazole rings is 8. The number of aromatic nitrogens is 17. The highest BCUT2D eigenvalue weighted by Crippen LogP contribution is 2.49. The smallest absolute Gasteiger partial charge is 0.266 e. The van der Waals surface area contributed by atoms with Crippen LogP contribution in [0.5, 0.6) is 0 Å². The first-order valence-corrected chi connectivity index (χ1v) is 31.8. The van der Waals surface area contributed by atoms with Crippen molar-refractivity contribution in [2.45, 2.75) is 0 Å². The average molecular weight is 1330 g/mol. The normalized spacial score (nSPS) is 11.9. The molecule has 0 aliphatic rings. The Bertz CT molecular complexity index is 5520. The van der Waals surface area contributed by atoms with Gasteiger partial charge in [0.15, 0.2) is 0 Å². The van der Waals surface area contributed by atoms with E-state index >= 15 is 0 Å². The van der Waals surface area contributed by atoms with Crippen LogP contribution in [-0.4, -0.2) is 84.7 Å². The number of benzene rings is 5. The Morgan fingerprint density at radius 2 is 0.353 bits per heavy atom. The predicted molar refractivity (Wildman–Crippen MR) is 372 cm³/mol. The van der Waals surface area contributed by atoms with E-state index < -0.39 is 0 Å². The Balaban J connectivity index is 0.908. The van der Waals surface area contributed by atoms with Gasteiger partial charge in [0.05, 0.1) is 0 Å². The Morgan fingerprint density at radius 1 is 0.167 bits per heavy atom. The van der Waals surface area contributed by atoms with Gasteiger partial charge in [-0.3, -0.25) is 0 Å². The van der Waals surface area contributed by atoms with Gasteiger partial charge in [0.1, 0.15) is 38.6 Å². The zero-order valence-corrected chi connectivity index (χ0v) is 52.2. The Hall–Kier alpha value is -15.0. The molecule has 0 spiro atoms. The SMILES string of the molecule is c1cnc2oc(-c3cc(-c4nc5cccnc5o4)cc(-c4cc(-c5cc(-c6nc7cccnc7o6)cc(-c6nc7cccnc7o6)c5)c(-c5cc(-c6nc7cccnc7o6)cc(-c6nc7nccnc7o6)c5)cc4-c4cc(-c5nc6cccnc6o5)cc(-c5nc6cccnc6o5)c4)c3)nc2c1. The molecule has 478 valence electrons. The van der Waals surface area contributed by atoms with Crippen molar-refractivity contribution in [2.24, 2.45) is 0 Å². The molecule has 0 aliphatic carbocycles. The third-order valence-electron chi connectivity index (χ3n) is 17.3. The van der Waals surface area contributed by atoms with Gasteiger partial charge in [0.25, 0.3) is 5.71 Å². The van der Waals surface area contributed by atoms with E-state index in [1.807, 2.05) is 127 Å². The topological polar surface area (TPSA) is 324 Å². The third kappa shape index (κ3) is 9.67. The van der Waals surface area contributed by atoms with E-state index in [0.717, 1.165) is 0 Å². The monoisotopic (exact) mass is 1330 g/mol. The Morgan fingerprint density at radius 3 is 0.569 bits per heavy atom. The third-order valence-corrected chi connectivity index (χ3v) is 17.3. The summed E-state index contributed by atoms with van der Waals surface area (Å²) in [4.78, 5) is 80.8. The molecular weight excluding hydrogens is 1290 g/mol. The predicted octanol–water partition coefficient (Wildman–Crippen LogP) is 17.4. The minimum Gasteiger partial charge on any atom is -0.418 e. The average Bonchev–Trinajstić information content (AvgIpc) is 1.31. The molecule has 102 heavy (non-hydrogen) atoms. The van der Waals surface area contributed by atoms with Gasteiger partial charge in [-0.25, -0.2) is 79.7 Å². The van der Waals surface area contributed by atoms with Gasteiger partial charge in [-0.1, -0.05) is 0 Å². The number of nitrogens with zero attached hydrogens (tertiary/aromatic N) is 17. The zero-order chi connectivity index (χ0) is 66.9. The number of pyridine rings is 7. The molecule has 0 saturated carbocycles. The summed E-state index contributed by atoms with van der Waals surface area (Å²) >= 11 is 0. The molecule has 16 aromatic heterocycles. The van der Waals surface area contributed by atoms with Gasteiger partial charge < -0.3 is 35.3 Å². The van der Waals surface area contributed by atoms with Gasteiger partial charge in [0, 0.05) is 100 Å². The van der Waals surface area contributed by atoms with E-state index in [0.29, 0.717) is 173 Å². The lowest BCUT2D eigenvalue weighted by Crippen LogP contribution is -1.96. The Labute approximate surface area is 569 Å². The van der Waals surface area contributed by atoms with Crippen molar-refractivity contribution in [1.29, 1.82) is 0 Å². The number of hydrogen-bond donors (Lipinski definition) is 0. The molecule has 0 amide bonds. The highest BCUT2D eigenvalue weighted by atomic mass is 16.4. The first-order valence-electron chi connectivity index (χ1n) is 31.8. The second-order valence-electron chi connectivity index (χ2n) is 23.8. The van der Waals surface area contributed by atoms with Crippen LogP contribution in [0, 0.1) is 0 Å². The maximum Gasteiger partial charge on any atom is 0.266 e. The van der Waals surface area contributed by atoms with E-state index in [4.69, 9.17) is 75.2 Å². The van der Waals surface area contributed by atoms with Gasteiger partial charge >= 0.3 is 0 Å². The fraction of sp³-hybridized carbons (Fsp3) is 0. The first kappa shape index (κ1) is 56.2. The maximum atomic E-state index is 6.54. The molecule has 25 heteroatoms. The number of hydrogen-bond acceptors (Lipinski definition) is 25. The fourth-order valence-electron chi connectivity index (χ4n) is 12.7. The number of rotatable bonds is 12. The van der Waals surface area contributed by atoms with E-state index in [1.54, 1.807) is 86.1 Å². The molecule has 0 atom stereocenters. The van der Waals surface area contributed by atoms with Crippen molar-refractivity contribution < 1.29 is 35.3 Å². The van der Waals surface area contributed by atoms with Gasteiger partial charge in [-0.15, -0.1) is 0 Å². The van der Waals surface area contributed by atoms with Crippen molar-refractivity contribution in [3.8, 4) is 136 Å². The van der Waals surface area contributed by atoms with Gasteiger partial charge in [-0.2, -0.15) is 4.98 Å². The summed E-state index contributed by atoms with van der Waals surface area (Å²) in [6.45, 7) is 0. The second-order valence-corrected chi connectivity index (χ2v) is 23.8. The lowest BCUT2D eigenvalue weighted by Gasteiger charge is -2.21. The minimum atomic E-state index is 0.219. The number of fused-ring (bicyclic) bond motifs is 8. The van der Waals surface area contributed by atoms with Gasteiger partial charge in [0.2, 0.25) is 92.8 Å². The summed E-state index contributed by atoms with van der Waals surface area (Å²) in [6.07, 6.45) is 14.7. The van der Waals surface area contributed by atoms with Crippen molar-refractivity contribution in [3.05, 3.63) is 226 Å². The Kier molecular flexibility index (Phi) is 12.3. The van der Waals surface area contributed by atoms with Crippen LogP contribution in [0.2, 0.25) is 0 Å². The molecule has 21 aromatic rings. The lowest BCUT2D eigenvalue weighted by molar-refractivity contribution is 0.604. The molecule has 0 aliphatic heterocycles. The van der Waals surface area contributed by atoms with Crippen LogP contribution in [0.15, 0.2) is 261 Å². The quantitative estimate of drug-likeness (QED) is 0.110. The largest absolute Gasteiger partial charge is 0.418 e. The first-order chi connectivity index (χ1) is 50.4. The van der Waals surface area contributed by atoms with Crippen LogP contribution in [0.3, 0.4) is 0 Å². The highest BCUT2D eigenvalue weighted by molar-refractivity contribution is 6.00. The molecule has 0 bridgehead atoms. The molecule has 16 heterocycles. The second kappa shape index (κ2) is 22.3. The van der Waals surface area contributed by atoms with Crippen LogP contribution in [0.4, 0.5) is 0 Å². The molecular formula is C77H37N17O8. The van der Waals surface area contributed by atoms with E-state index in [2.05, 4.69) is 57.0 Å². The highest BCUT2D eigenvalue weighted by Gasteiger charge is 2.27. The van der Waals surface area contributed by atoms with Crippen LogP contribution in [-0.2, 0) is 0 Å². The fourth-order valence-corrected chi connectivity index (χ4v) is 12.7. The summed E-state index contributed by atoms with van der Waals surface area (Å²) in [5.74, 6) is 2.14. The summed E-state index contributed by atoms with van der Waals surface area (Å²) < 4.78 is 52.3. The zero-order valence-electron chi connectivity index (χ0n) is 52.2. The molecule has 0 fully saturated rings. The lowest BCUT2D eigenvalue weighted by atomic mass is 9.83. The summed E-state index contributed by atoms with van der Waals surface area (Å²) in [5.41, 5.74) is 16.3. The summed E-state index contributed by atoms with van der Waals surface area (Å²) in [5, 5.41) is 0. The van der Waals surface area contributed by atoms with E-state index in [9.17, 15) is 0 Å². The maximum absolute atomic E-state index is 6.54. The van der Waals surface area contributed by atoms with Crippen molar-refractivity contribution in [2.75, 3.05) is 0 Å². The van der Waals surface area contributed by atoms with Crippen LogP contribution in [0.1, 0.15) is 0 Å². The van der Waals surface area contributed by atoms with Crippen molar-refractivity contribution in [1.82, 2.24) is 84.7 Å². The molecule has 0 saturated heterocycles. The standard InChI is InChI=1S/C77H37N17O8/c1-8-54-70(79-15-1)95-62(87-54)42-24-38(25-43(32-42)63-88-55-9-2-16-80-71(55)96-63)50-36-52(40-28-46(66-91-58-12-5-19-83-74(58)99-66)34-47(29-40)67-92-59-13-6-20-84-75(59)100-67)53(41-30-48(68-93-60-14-7-21-85-76(60)101-68)35-49(31-41)69-94-61-77(102-69)86-23-22-78-61)37-51(50)39-26-44(64-89-56-10-3-17-81-72(56)97-64)33-45(27-39)65-90-57-11-4-18-82-73(57)98-65/h1-37H. The van der Waals surface area contributed by atoms with Crippen LogP contribution < -0.4 is 0 Å². The van der Waals surface area contributed by atoms with Crippen molar-refractivity contribution >= 4 is 90.0 Å². The van der Waals surface area contributed by atoms with Crippen molar-refractivity contribution in [3.63, 3.8) is 0 Å². The molecule has 0 N–H and O–H groups in total. The molecule has 0 radical (unpaired) electrons. The van der Waals surface area contributed by atoms with E-state index in [1.165, 1.54) is 0 Å². The molecule has 0 unspecified atom stereocenters. The minimum absolute atomic E-state index is 0.219. The molecule has 5 aromatic carbocycles.